The maximum Gasteiger partial charge on any atom is 0.291 e. The van der Waals surface area contributed by atoms with Crippen molar-refractivity contribution in [1.82, 2.24) is 5.32 Å². The number of aryl methyl sites for hydroxylation is 1. The van der Waals surface area contributed by atoms with Gasteiger partial charge in [0.25, 0.3) is 5.91 Å². The molecule has 1 N–H and O–H groups in total. The molecule has 4 nitrogen and oxygen atoms in total. The zero-order chi connectivity index (χ0) is 22.3. The Morgan fingerprint density at radius 2 is 1.66 bits per heavy atom. The number of hydrogen-bond donors (Lipinski definition) is 1. The molecule has 162 valence electrons. The highest BCUT2D eigenvalue weighted by Crippen LogP contribution is 2.09. The van der Waals surface area contributed by atoms with Crippen LogP contribution in [-0.2, 0) is 16.0 Å². The maximum absolute atomic E-state index is 11.7. The van der Waals surface area contributed by atoms with Crippen molar-refractivity contribution < 1.29 is 9.59 Å². The summed E-state index contributed by atoms with van der Waals surface area (Å²) in [6.07, 6.45) is 11.4. The van der Waals surface area contributed by atoms with Crippen LogP contribution in [-0.4, -0.2) is 24.4 Å². The van der Waals surface area contributed by atoms with E-state index in [9.17, 15) is 9.59 Å². The molecule has 0 spiro atoms. The molecule has 1 aromatic carbocycles. The number of aliphatic imine (C=N–C) groups is 1. The number of ketones is 1. The SMILES string of the molecule is C=CCC.CC.CN=C(C)/C=C/NC(=O)C(=O)CCCCCCc1ccccc1. The third-order valence-electron chi connectivity index (χ3n) is 3.90. The van der Waals surface area contributed by atoms with Crippen molar-refractivity contribution in [3.8, 4) is 0 Å². The Bertz CT molecular complexity index is 605. The van der Waals surface area contributed by atoms with Gasteiger partial charge in [-0.1, -0.05) is 70.0 Å². The van der Waals surface area contributed by atoms with E-state index in [0.717, 1.165) is 44.2 Å². The van der Waals surface area contributed by atoms with Crippen LogP contribution in [0.4, 0.5) is 0 Å². The van der Waals surface area contributed by atoms with Crippen LogP contribution < -0.4 is 5.32 Å². The number of benzene rings is 1. The van der Waals surface area contributed by atoms with Gasteiger partial charge in [0.2, 0.25) is 5.78 Å². The van der Waals surface area contributed by atoms with Crippen molar-refractivity contribution >= 4 is 17.4 Å². The zero-order valence-electron chi connectivity index (χ0n) is 19.0. The Hall–Kier alpha value is -2.49. The Balaban J connectivity index is 0. The van der Waals surface area contributed by atoms with Crippen molar-refractivity contribution in [2.24, 2.45) is 4.99 Å². The van der Waals surface area contributed by atoms with Gasteiger partial charge in [-0.3, -0.25) is 14.6 Å². The van der Waals surface area contributed by atoms with Gasteiger partial charge in [-0.05, 0) is 44.2 Å². The quantitative estimate of drug-likeness (QED) is 0.212. The van der Waals surface area contributed by atoms with Crippen molar-refractivity contribution in [2.45, 2.75) is 72.6 Å². The summed E-state index contributed by atoms with van der Waals surface area (Å²) in [4.78, 5) is 27.2. The minimum Gasteiger partial charge on any atom is -0.326 e. The summed E-state index contributed by atoms with van der Waals surface area (Å²) in [5, 5.41) is 2.47. The molecular formula is C25H40N2O2. The third-order valence-corrected chi connectivity index (χ3v) is 3.90. The van der Waals surface area contributed by atoms with E-state index < -0.39 is 5.91 Å². The van der Waals surface area contributed by atoms with Crippen molar-refractivity contribution in [2.75, 3.05) is 7.05 Å². The van der Waals surface area contributed by atoms with Crippen molar-refractivity contribution in [3.63, 3.8) is 0 Å². The lowest BCUT2D eigenvalue weighted by Crippen LogP contribution is -2.26. The second kappa shape index (κ2) is 21.8. The Kier molecular flexibility index (Phi) is 21.6. The molecule has 0 saturated heterocycles. The molecule has 0 fully saturated rings. The van der Waals surface area contributed by atoms with Gasteiger partial charge < -0.3 is 5.32 Å². The molecule has 0 unspecified atom stereocenters. The number of carbonyl (C=O) groups excluding carboxylic acids is 2. The largest absolute Gasteiger partial charge is 0.326 e. The highest BCUT2D eigenvalue weighted by Gasteiger charge is 2.10. The Morgan fingerprint density at radius 3 is 2.21 bits per heavy atom. The molecule has 29 heavy (non-hydrogen) atoms. The summed E-state index contributed by atoms with van der Waals surface area (Å²) >= 11 is 0. The first kappa shape index (κ1) is 28.7. The summed E-state index contributed by atoms with van der Waals surface area (Å²) < 4.78 is 0. The molecule has 0 aliphatic heterocycles. The fourth-order valence-corrected chi connectivity index (χ4v) is 2.12. The van der Waals surface area contributed by atoms with E-state index in [-0.39, 0.29) is 5.78 Å². The summed E-state index contributed by atoms with van der Waals surface area (Å²) in [5.41, 5.74) is 2.14. The molecule has 4 heteroatoms. The number of rotatable bonds is 11. The monoisotopic (exact) mass is 400 g/mol. The van der Waals surface area contributed by atoms with Gasteiger partial charge in [0.15, 0.2) is 0 Å². The fourth-order valence-electron chi connectivity index (χ4n) is 2.12. The average Bonchev–Trinajstić information content (AvgIpc) is 2.77. The lowest BCUT2D eigenvalue weighted by atomic mass is 10.0. The van der Waals surface area contributed by atoms with Crippen LogP contribution in [0, 0.1) is 0 Å². The van der Waals surface area contributed by atoms with Crippen molar-refractivity contribution in [3.05, 3.63) is 60.8 Å². The number of nitrogens with one attached hydrogen (secondary N) is 1. The molecule has 0 saturated carbocycles. The summed E-state index contributed by atoms with van der Waals surface area (Å²) in [6, 6.07) is 10.4. The van der Waals surface area contributed by atoms with E-state index in [4.69, 9.17) is 0 Å². The Morgan fingerprint density at radius 1 is 1.07 bits per heavy atom. The maximum atomic E-state index is 11.7. The normalized spacial score (nSPS) is 10.3. The number of hydrogen-bond acceptors (Lipinski definition) is 3. The number of carbonyl (C=O) groups is 2. The number of nitrogens with zero attached hydrogens (tertiary/aromatic N) is 1. The molecule has 0 radical (unpaired) electrons. The van der Waals surface area contributed by atoms with Gasteiger partial charge in [0.05, 0.1) is 0 Å². The fraction of sp³-hybridized carbons (Fsp3) is 0.480. The molecule has 1 rings (SSSR count). The van der Waals surface area contributed by atoms with Gasteiger partial charge in [-0.2, -0.15) is 0 Å². The van der Waals surface area contributed by atoms with E-state index in [2.05, 4.69) is 48.1 Å². The highest BCUT2D eigenvalue weighted by atomic mass is 16.2. The number of allylic oxidation sites excluding steroid dienone is 2. The summed E-state index contributed by atoms with van der Waals surface area (Å²) in [6.45, 7) is 11.4. The summed E-state index contributed by atoms with van der Waals surface area (Å²) in [7, 11) is 1.67. The minimum absolute atomic E-state index is 0.311. The third kappa shape index (κ3) is 18.6. The van der Waals surface area contributed by atoms with Crippen LogP contribution in [0.15, 0.2) is 60.3 Å². The van der Waals surface area contributed by atoms with E-state index in [1.165, 1.54) is 11.8 Å². The number of unbranched alkanes of at least 4 members (excludes halogenated alkanes) is 3. The molecule has 1 amide bonds. The predicted molar refractivity (Wildman–Crippen MR) is 126 cm³/mol. The summed E-state index contributed by atoms with van der Waals surface area (Å²) in [5.74, 6) is -0.904. The predicted octanol–water partition coefficient (Wildman–Crippen LogP) is 6.08. The average molecular weight is 401 g/mol. The van der Waals surface area contributed by atoms with E-state index >= 15 is 0 Å². The van der Waals surface area contributed by atoms with Gasteiger partial charge in [0, 0.05) is 25.4 Å². The molecule has 1 aromatic rings. The first-order chi connectivity index (χ1) is 14.0. The first-order valence-corrected chi connectivity index (χ1v) is 10.6. The van der Waals surface area contributed by atoms with E-state index in [1.54, 1.807) is 13.1 Å². The molecular weight excluding hydrogens is 360 g/mol. The Labute approximate surface area is 178 Å². The second-order valence-electron chi connectivity index (χ2n) is 6.19. The second-order valence-corrected chi connectivity index (χ2v) is 6.19. The highest BCUT2D eigenvalue weighted by molar-refractivity contribution is 6.36. The number of amides is 1. The minimum atomic E-state index is -0.547. The topological polar surface area (TPSA) is 58.5 Å². The lowest BCUT2D eigenvalue weighted by Gasteiger charge is -2.02. The number of Topliss-reactive ketones (excluding diaryl/α,β-unsaturated/α-hetero) is 1. The zero-order valence-corrected chi connectivity index (χ0v) is 19.0. The molecule has 0 aliphatic rings. The van der Waals surface area contributed by atoms with Gasteiger partial charge in [-0.25, -0.2) is 0 Å². The first-order valence-electron chi connectivity index (χ1n) is 10.6. The standard InChI is InChI=1S/C19H26N2O2.C4H8.C2H6/c1-16(20-2)14-15-21-19(23)18(22)13-9-4-3-6-10-17-11-7-5-8-12-17;1-3-4-2;1-2/h5,7-8,11-12,14-15H,3-4,6,9-10,13H2,1-2H3,(H,21,23);3H,1,4H2,2H3;1-2H3/b15-14+,20-16?;;. The smallest absolute Gasteiger partial charge is 0.291 e. The van der Waals surface area contributed by atoms with E-state index in [0.29, 0.717) is 6.42 Å². The van der Waals surface area contributed by atoms with Gasteiger partial charge in [0.1, 0.15) is 0 Å². The lowest BCUT2D eigenvalue weighted by molar-refractivity contribution is -0.137. The van der Waals surface area contributed by atoms with Gasteiger partial charge >= 0.3 is 0 Å². The van der Waals surface area contributed by atoms with Crippen molar-refractivity contribution in [1.29, 1.82) is 0 Å². The van der Waals surface area contributed by atoms with Crippen LogP contribution in [0.5, 0.6) is 0 Å². The van der Waals surface area contributed by atoms with Gasteiger partial charge in [-0.15, -0.1) is 6.58 Å². The van der Waals surface area contributed by atoms with Crippen LogP contribution >= 0.6 is 0 Å². The van der Waals surface area contributed by atoms with Crippen LogP contribution in [0.25, 0.3) is 0 Å². The van der Waals surface area contributed by atoms with Crippen LogP contribution in [0.2, 0.25) is 0 Å². The molecule has 0 aliphatic carbocycles. The molecule has 0 heterocycles. The molecule has 0 atom stereocenters. The van der Waals surface area contributed by atoms with Crippen LogP contribution in [0.1, 0.15) is 71.8 Å². The molecule has 0 bridgehead atoms. The molecule has 0 aromatic heterocycles. The van der Waals surface area contributed by atoms with E-state index in [1.807, 2.05) is 32.9 Å². The van der Waals surface area contributed by atoms with Crippen LogP contribution in [0.3, 0.4) is 0 Å².